The number of ether oxygens (including phenoxy) is 1. The van der Waals surface area contributed by atoms with E-state index in [0.29, 0.717) is 0 Å². The topological polar surface area (TPSA) is 12.5 Å². The van der Waals surface area contributed by atoms with Crippen LogP contribution in [0.1, 0.15) is 181 Å². The van der Waals surface area contributed by atoms with Gasteiger partial charge in [0.15, 0.2) is 0 Å². The second-order valence-corrected chi connectivity index (χ2v) is 13.0. The first-order valence-electron chi connectivity index (χ1n) is 19.3. The van der Waals surface area contributed by atoms with Crippen LogP contribution in [-0.2, 0) is 4.74 Å². The third-order valence-electron chi connectivity index (χ3n) is 9.04. The lowest BCUT2D eigenvalue weighted by molar-refractivity contribution is 0.0118. The molecular weight excluding hydrogens is 522 g/mol. The smallest absolute Gasteiger partial charge is 0.0594 e. The van der Waals surface area contributed by atoms with Crippen molar-refractivity contribution < 1.29 is 4.74 Å². The van der Waals surface area contributed by atoms with Crippen molar-refractivity contribution in [2.75, 3.05) is 26.3 Å². The molecule has 2 nitrogen and oxygen atoms in total. The quantitative estimate of drug-likeness (QED) is 0.0582. The van der Waals surface area contributed by atoms with E-state index >= 15 is 0 Å². The Kier molecular flexibility index (Phi) is 31.3. The molecule has 1 saturated heterocycles. The number of morpholine rings is 1. The van der Waals surface area contributed by atoms with Crippen molar-refractivity contribution in [3.8, 4) is 0 Å². The lowest BCUT2D eigenvalue weighted by Gasteiger charge is -2.34. The summed E-state index contributed by atoms with van der Waals surface area (Å²) in [5, 5.41) is 0. The van der Waals surface area contributed by atoms with Gasteiger partial charge >= 0.3 is 0 Å². The molecule has 1 aliphatic rings. The zero-order valence-corrected chi connectivity index (χ0v) is 29.3. The van der Waals surface area contributed by atoms with Crippen LogP contribution >= 0.6 is 0 Å². The maximum atomic E-state index is 5.66. The molecule has 43 heavy (non-hydrogen) atoms. The lowest BCUT2D eigenvalue weighted by Crippen LogP contribution is -2.43. The Hall–Kier alpha value is -1.12. The van der Waals surface area contributed by atoms with E-state index < -0.39 is 0 Å². The van der Waals surface area contributed by atoms with Crippen LogP contribution in [0.25, 0.3) is 0 Å². The van der Waals surface area contributed by atoms with Gasteiger partial charge in [0.1, 0.15) is 0 Å². The number of nitrogens with zero attached hydrogens (tertiary/aromatic N) is 1. The first kappa shape index (κ1) is 39.9. The highest BCUT2D eigenvalue weighted by atomic mass is 16.5. The average molecular weight is 598 g/mol. The van der Waals surface area contributed by atoms with Gasteiger partial charge in [0.25, 0.3) is 0 Å². The molecule has 0 atom stereocenters. The molecule has 1 heterocycles. The second-order valence-electron chi connectivity index (χ2n) is 13.0. The van der Waals surface area contributed by atoms with Gasteiger partial charge in [-0.15, -0.1) is 0 Å². The largest absolute Gasteiger partial charge is 0.379 e. The predicted octanol–water partition coefficient (Wildman–Crippen LogP) is 13.1. The third-order valence-corrected chi connectivity index (χ3v) is 9.04. The minimum Gasteiger partial charge on any atom is -0.379 e. The van der Waals surface area contributed by atoms with Crippen LogP contribution in [-0.4, -0.2) is 37.2 Å². The molecule has 1 rings (SSSR count). The van der Waals surface area contributed by atoms with Crippen LogP contribution < -0.4 is 0 Å². The molecular formula is C41H75NO. The molecule has 0 saturated carbocycles. The van der Waals surface area contributed by atoms with Crippen LogP contribution in [0.4, 0.5) is 0 Å². The van der Waals surface area contributed by atoms with E-state index in [2.05, 4.69) is 67.4 Å². The van der Waals surface area contributed by atoms with Gasteiger partial charge in [0.2, 0.25) is 0 Å². The van der Waals surface area contributed by atoms with Gasteiger partial charge in [0, 0.05) is 19.1 Å². The fraction of sp³-hybridized carbons (Fsp3) is 0.805. The Bertz CT molecular complexity index is 609. The molecule has 0 aromatic carbocycles. The summed E-state index contributed by atoms with van der Waals surface area (Å²) >= 11 is 0. The first-order chi connectivity index (χ1) is 21.4. The number of hydrogen-bond acceptors (Lipinski definition) is 2. The molecule has 0 amide bonds. The number of allylic oxidation sites excluding steroid dienone is 8. The maximum Gasteiger partial charge on any atom is 0.0594 e. The Labute approximate surface area is 270 Å². The molecule has 0 N–H and O–H groups in total. The Morgan fingerprint density at radius 1 is 0.442 bits per heavy atom. The van der Waals surface area contributed by atoms with E-state index in [1.165, 1.54) is 154 Å². The lowest BCUT2D eigenvalue weighted by atomic mass is 9.98. The minimum atomic E-state index is 0.792. The van der Waals surface area contributed by atoms with E-state index in [0.717, 1.165) is 45.2 Å². The van der Waals surface area contributed by atoms with E-state index in [1.54, 1.807) is 0 Å². The van der Waals surface area contributed by atoms with E-state index in [1.807, 2.05) is 0 Å². The maximum absolute atomic E-state index is 5.66. The van der Waals surface area contributed by atoms with Gasteiger partial charge in [-0.05, 0) is 77.0 Å². The van der Waals surface area contributed by atoms with E-state index in [4.69, 9.17) is 4.74 Å². The van der Waals surface area contributed by atoms with Gasteiger partial charge in [0.05, 0.1) is 13.2 Å². The Morgan fingerprint density at radius 2 is 0.791 bits per heavy atom. The summed E-state index contributed by atoms with van der Waals surface area (Å²) in [5.41, 5.74) is 0. The van der Waals surface area contributed by atoms with Gasteiger partial charge in [-0.3, -0.25) is 4.90 Å². The molecule has 0 aromatic heterocycles. The molecule has 0 aromatic rings. The molecule has 0 aliphatic carbocycles. The van der Waals surface area contributed by atoms with Crippen LogP contribution in [0, 0.1) is 0 Å². The minimum absolute atomic E-state index is 0.792. The first-order valence-corrected chi connectivity index (χ1v) is 19.3. The van der Waals surface area contributed by atoms with Crippen molar-refractivity contribution in [2.24, 2.45) is 0 Å². The van der Waals surface area contributed by atoms with Crippen LogP contribution in [0.3, 0.4) is 0 Å². The predicted molar refractivity (Wildman–Crippen MR) is 194 cm³/mol. The molecule has 0 unspecified atom stereocenters. The van der Waals surface area contributed by atoms with Crippen LogP contribution in [0.15, 0.2) is 48.6 Å². The standard InChI is InChI=1S/C41H75NO/c1-3-5-7-9-11-13-15-17-19-21-23-25-27-29-31-33-35-41(42-37-39-43-40-38-42)36-34-32-30-28-26-24-22-20-18-16-14-12-10-8-6-4-2/h11-14,17-20,41H,3-10,15-16,21-40H2,1-2H3/b13-11-,14-12-,19-17-,20-18-. The summed E-state index contributed by atoms with van der Waals surface area (Å²) in [4.78, 5) is 2.75. The van der Waals surface area contributed by atoms with Gasteiger partial charge in [-0.1, -0.05) is 152 Å². The summed E-state index contributed by atoms with van der Waals surface area (Å²) < 4.78 is 5.66. The third kappa shape index (κ3) is 28.1. The van der Waals surface area contributed by atoms with E-state index in [-0.39, 0.29) is 0 Å². The normalized spacial score (nSPS) is 15.0. The van der Waals surface area contributed by atoms with Gasteiger partial charge < -0.3 is 4.74 Å². The van der Waals surface area contributed by atoms with Crippen molar-refractivity contribution in [2.45, 2.75) is 187 Å². The highest BCUT2D eigenvalue weighted by Gasteiger charge is 2.20. The highest BCUT2D eigenvalue weighted by molar-refractivity contribution is 4.93. The van der Waals surface area contributed by atoms with E-state index in [9.17, 15) is 0 Å². The molecule has 0 radical (unpaired) electrons. The molecule has 1 aliphatic heterocycles. The molecule has 0 bridgehead atoms. The summed E-state index contributed by atoms with van der Waals surface area (Å²) in [5.74, 6) is 0. The molecule has 1 fully saturated rings. The van der Waals surface area contributed by atoms with Gasteiger partial charge in [-0.25, -0.2) is 0 Å². The van der Waals surface area contributed by atoms with Gasteiger partial charge in [-0.2, -0.15) is 0 Å². The number of rotatable bonds is 31. The van der Waals surface area contributed by atoms with Crippen molar-refractivity contribution in [3.05, 3.63) is 48.6 Å². The highest BCUT2D eigenvalue weighted by Crippen LogP contribution is 2.20. The number of unbranched alkanes of at least 4 members (excludes halogenated alkanes) is 18. The fourth-order valence-electron chi connectivity index (χ4n) is 6.19. The number of hydrogen-bond donors (Lipinski definition) is 0. The monoisotopic (exact) mass is 598 g/mol. The molecule has 2 heteroatoms. The summed E-state index contributed by atoms with van der Waals surface area (Å²) in [6, 6.07) is 0.792. The SMILES string of the molecule is CCCCC/C=C\C/C=C\CCCCCCCCC(CCCCCCCC/C=C\C/C=C\CCCCC)N1CCOCC1. The summed E-state index contributed by atoms with van der Waals surface area (Å²) in [7, 11) is 0. The Morgan fingerprint density at radius 3 is 1.19 bits per heavy atom. The van der Waals surface area contributed by atoms with Crippen LogP contribution in [0.5, 0.6) is 0 Å². The zero-order chi connectivity index (χ0) is 30.7. The summed E-state index contributed by atoms with van der Waals surface area (Å²) in [6.07, 6.45) is 53.9. The average Bonchev–Trinajstić information content (AvgIpc) is 3.03. The van der Waals surface area contributed by atoms with Crippen molar-refractivity contribution in [3.63, 3.8) is 0 Å². The molecule has 250 valence electrons. The summed E-state index contributed by atoms with van der Waals surface area (Å²) in [6.45, 7) is 8.71. The Balaban J connectivity index is 2.02. The zero-order valence-electron chi connectivity index (χ0n) is 29.3. The van der Waals surface area contributed by atoms with Crippen molar-refractivity contribution >= 4 is 0 Å². The van der Waals surface area contributed by atoms with Crippen molar-refractivity contribution in [1.82, 2.24) is 4.90 Å². The van der Waals surface area contributed by atoms with Crippen molar-refractivity contribution in [1.29, 1.82) is 0 Å². The molecule has 0 spiro atoms. The fourth-order valence-corrected chi connectivity index (χ4v) is 6.19. The van der Waals surface area contributed by atoms with Crippen LogP contribution in [0.2, 0.25) is 0 Å². The second kappa shape index (κ2) is 33.8.